The Morgan fingerprint density at radius 2 is 2.00 bits per heavy atom. The van der Waals surface area contributed by atoms with Gasteiger partial charge in [-0.05, 0) is 13.3 Å². The van der Waals surface area contributed by atoms with Crippen molar-refractivity contribution in [3.05, 3.63) is 12.7 Å². The molecule has 0 spiro atoms. The Morgan fingerprint density at radius 3 is 2.08 bits per heavy atom. The van der Waals surface area contributed by atoms with Gasteiger partial charge in [0, 0.05) is 0 Å². The monoisotopic (exact) mass is 181 g/mol. The van der Waals surface area contributed by atoms with Crippen molar-refractivity contribution < 1.29 is 18.0 Å². The van der Waals surface area contributed by atoms with Crippen molar-refractivity contribution in [2.45, 2.75) is 19.5 Å². The Bertz CT molecular complexity index is 199. The van der Waals surface area contributed by atoms with Crippen LogP contribution in [-0.2, 0) is 4.79 Å². The van der Waals surface area contributed by atoms with Crippen LogP contribution in [0.25, 0.3) is 0 Å². The lowest BCUT2D eigenvalue weighted by Gasteiger charge is -2.27. The predicted octanol–water partition coefficient (Wildman–Crippen LogP) is 1.62. The minimum atomic E-state index is -4.62. The largest absolute Gasteiger partial charge is 0.403 e. The van der Waals surface area contributed by atoms with Gasteiger partial charge in [0.1, 0.15) is 5.41 Å². The quantitative estimate of drug-likeness (QED) is 0.660. The molecule has 0 fully saturated rings. The molecule has 0 heterocycles. The second kappa shape index (κ2) is 3.16. The van der Waals surface area contributed by atoms with E-state index >= 15 is 0 Å². The highest BCUT2D eigenvalue weighted by molar-refractivity contribution is 5.81. The van der Waals surface area contributed by atoms with Crippen molar-refractivity contribution in [2.75, 3.05) is 0 Å². The standard InChI is InChI=1S/C7H10F3NO/c1-3-4-6(2,5(11)12)7(8,9)10/h3H,1,4H2,2H3,(H2,11,12). The van der Waals surface area contributed by atoms with Crippen LogP contribution in [0.5, 0.6) is 0 Å². The lowest BCUT2D eigenvalue weighted by atomic mass is 9.85. The average molecular weight is 181 g/mol. The summed E-state index contributed by atoms with van der Waals surface area (Å²) in [6, 6.07) is 0. The van der Waals surface area contributed by atoms with E-state index in [1.54, 1.807) is 0 Å². The van der Waals surface area contributed by atoms with Gasteiger partial charge in [0.2, 0.25) is 5.91 Å². The Labute approximate surface area is 68.2 Å². The smallest absolute Gasteiger partial charge is 0.369 e. The molecule has 0 aromatic rings. The van der Waals surface area contributed by atoms with Gasteiger partial charge in [0.15, 0.2) is 0 Å². The zero-order valence-electron chi connectivity index (χ0n) is 6.61. The number of alkyl halides is 3. The number of carbonyl (C=O) groups excluding carboxylic acids is 1. The number of hydrogen-bond acceptors (Lipinski definition) is 1. The summed E-state index contributed by atoms with van der Waals surface area (Å²) in [7, 11) is 0. The fourth-order valence-corrected chi connectivity index (χ4v) is 0.645. The third kappa shape index (κ3) is 1.78. The predicted molar refractivity (Wildman–Crippen MR) is 38.2 cm³/mol. The lowest BCUT2D eigenvalue weighted by molar-refractivity contribution is -0.214. The van der Waals surface area contributed by atoms with Crippen molar-refractivity contribution >= 4 is 5.91 Å². The first kappa shape index (κ1) is 11.0. The van der Waals surface area contributed by atoms with E-state index < -0.39 is 23.9 Å². The molecule has 0 bridgehead atoms. The van der Waals surface area contributed by atoms with E-state index in [0.717, 1.165) is 13.0 Å². The molecule has 12 heavy (non-hydrogen) atoms. The first-order chi connectivity index (χ1) is 5.25. The molecule has 0 aliphatic heterocycles. The fourth-order valence-electron chi connectivity index (χ4n) is 0.645. The van der Waals surface area contributed by atoms with Gasteiger partial charge in [-0.25, -0.2) is 0 Å². The minimum Gasteiger partial charge on any atom is -0.369 e. The maximum absolute atomic E-state index is 12.2. The molecule has 0 saturated carbocycles. The topological polar surface area (TPSA) is 43.1 Å². The van der Waals surface area contributed by atoms with Crippen LogP contribution >= 0.6 is 0 Å². The third-order valence-electron chi connectivity index (χ3n) is 1.72. The van der Waals surface area contributed by atoms with Gasteiger partial charge in [0.25, 0.3) is 0 Å². The molecule has 0 aliphatic carbocycles. The summed E-state index contributed by atoms with van der Waals surface area (Å²) >= 11 is 0. The maximum atomic E-state index is 12.2. The van der Waals surface area contributed by atoms with Crippen LogP contribution in [0.1, 0.15) is 13.3 Å². The number of nitrogens with two attached hydrogens (primary N) is 1. The van der Waals surface area contributed by atoms with Crippen LogP contribution in [0.4, 0.5) is 13.2 Å². The molecule has 0 aromatic carbocycles. The van der Waals surface area contributed by atoms with Gasteiger partial charge in [0.05, 0.1) is 0 Å². The van der Waals surface area contributed by atoms with Crippen LogP contribution < -0.4 is 5.73 Å². The molecule has 0 aliphatic rings. The summed E-state index contributed by atoms with van der Waals surface area (Å²) in [5.41, 5.74) is 2.15. The number of hydrogen-bond donors (Lipinski definition) is 1. The van der Waals surface area contributed by atoms with Crippen molar-refractivity contribution in [1.82, 2.24) is 0 Å². The third-order valence-corrected chi connectivity index (χ3v) is 1.72. The number of primary amides is 1. The van der Waals surface area contributed by atoms with E-state index in [0.29, 0.717) is 0 Å². The molecule has 1 amide bonds. The van der Waals surface area contributed by atoms with Crippen molar-refractivity contribution in [2.24, 2.45) is 11.1 Å². The summed E-state index contributed by atoms with van der Waals surface area (Å²) < 4.78 is 36.6. The Hall–Kier alpha value is -1.00. The summed E-state index contributed by atoms with van der Waals surface area (Å²) in [4.78, 5) is 10.5. The number of rotatable bonds is 3. The minimum absolute atomic E-state index is 0.494. The van der Waals surface area contributed by atoms with Crippen molar-refractivity contribution in [3.8, 4) is 0 Å². The molecule has 0 aromatic heterocycles. The highest BCUT2D eigenvalue weighted by atomic mass is 19.4. The van der Waals surface area contributed by atoms with Crippen LogP contribution in [0.2, 0.25) is 0 Å². The molecule has 2 nitrogen and oxygen atoms in total. The van der Waals surface area contributed by atoms with E-state index in [2.05, 4.69) is 12.3 Å². The maximum Gasteiger partial charge on any atom is 0.403 e. The SMILES string of the molecule is C=CCC(C)(C(N)=O)C(F)(F)F. The normalized spacial score (nSPS) is 16.7. The van der Waals surface area contributed by atoms with Crippen molar-refractivity contribution in [1.29, 1.82) is 0 Å². The van der Waals surface area contributed by atoms with Crippen LogP contribution in [0.15, 0.2) is 12.7 Å². The molecule has 0 saturated heterocycles. The molecule has 0 rings (SSSR count). The summed E-state index contributed by atoms with van der Waals surface area (Å²) in [5.74, 6) is -1.38. The Kier molecular flexibility index (Phi) is 2.90. The zero-order chi connectivity index (χ0) is 9.99. The molecule has 70 valence electrons. The first-order valence-corrected chi connectivity index (χ1v) is 3.23. The van der Waals surface area contributed by atoms with Gasteiger partial charge in [-0.2, -0.15) is 13.2 Å². The molecular formula is C7H10F3NO. The number of amides is 1. The highest BCUT2D eigenvalue weighted by Gasteiger charge is 2.54. The van der Waals surface area contributed by atoms with Crippen LogP contribution in [0.3, 0.4) is 0 Å². The van der Waals surface area contributed by atoms with E-state index in [9.17, 15) is 18.0 Å². The van der Waals surface area contributed by atoms with Crippen LogP contribution in [-0.4, -0.2) is 12.1 Å². The second-order valence-corrected chi connectivity index (χ2v) is 2.69. The summed E-state index contributed by atoms with van der Waals surface area (Å²) in [6.45, 7) is 3.89. The van der Waals surface area contributed by atoms with E-state index in [4.69, 9.17) is 0 Å². The second-order valence-electron chi connectivity index (χ2n) is 2.69. The summed E-state index contributed by atoms with van der Waals surface area (Å²) in [6.07, 6.45) is -4.09. The highest BCUT2D eigenvalue weighted by Crippen LogP contribution is 2.40. The average Bonchev–Trinajstić information content (AvgIpc) is 1.85. The van der Waals surface area contributed by atoms with Gasteiger partial charge >= 0.3 is 6.18 Å². The Balaban J connectivity index is 4.86. The molecular weight excluding hydrogens is 171 g/mol. The zero-order valence-corrected chi connectivity index (χ0v) is 6.61. The summed E-state index contributed by atoms with van der Waals surface area (Å²) in [5, 5.41) is 0. The number of allylic oxidation sites excluding steroid dienone is 1. The number of carbonyl (C=O) groups is 1. The van der Waals surface area contributed by atoms with E-state index in [1.807, 2.05) is 0 Å². The van der Waals surface area contributed by atoms with Gasteiger partial charge in [-0.15, -0.1) is 6.58 Å². The molecule has 1 atom stereocenters. The molecule has 0 radical (unpaired) electrons. The van der Waals surface area contributed by atoms with Gasteiger partial charge in [-0.1, -0.05) is 6.08 Å². The van der Waals surface area contributed by atoms with E-state index in [-0.39, 0.29) is 0 Å². The number of halogens is 3. The molecule has 2 N–H and O–H groups in total. The van der Waals surface area contributed by atoms with Crippen LogP contribution in [0, 0.1) is 5.41 Å². The Morgan fingerprint density at radius 1 is 1.58 bits per heavy atom. The van der Waals surface area contributed by atoms with Gasteiger partial charge < -0.3 is 5.73 Å². The first-order valence-electron chi connectivity index (χ1n) is 3.23. The fraction of sp³-hybridized carbons (Fsp3) is 0.571. The lowest BCUT2D eigenvalue weighted by Crippen LogP contribution is -2.46. The van der Waals surface area contributed by atoms with Gasteiger partial charge in [-0.3, -0.25) is 4.79 Å². The van der Waals surface area contributed by atoms with Crippen molar-refractivity contribution in [3.63, 3.8) is 0 Å². The molecule has 5 heteroatoms. The van der Waals surface area contributed by atoms with E-state index in [1.165, 1.54) is 0 Å². The molecule has 1 unspecified atom stereocenters.